The first kappa shape index (κ1) is 14.3. The molecule has 1 atom stereocenters. The lowest BCUT2D eigenvalue weighted by atomic mass is 10.1. The average Bonchev–Trinajstić information content (AvgIpc) is 2.92. The summed E-state index contributed by atoms with van der Waals surface area (Å²) < 4.78 is 13.9. The van der Waals surface area contributed by atoms with Crippen LogP contribution < -0.4 is 5.32 Å². The van der Waals surface area contributed by atoms with Gasteiger partial charge in [-0.25, -0.2) is 4.39 Å². The third-order valence-corrected chi connectivity index (χ3v) is 3.67. The number of hydrogen-bond acceptors (Lipinski definition) is 2. The summed E-state index contributed by atoms with van der Waals surface area (Å²) in [5, 5.41) is 3.22. The molecule has 3 nitrogen and oxygen atoms in total. The lowest BCUT2D eigenvalue weighted by molar-refractivity contribution is 0.0687. The van der Waals surface area contributed by atoms with Crippen molar-refractivity contribution in [1.29, 1.82) is 0 Å². The van der Waals surface area contributed by atoms with Gasteiger partial charge in [0.05, 0.1) is 10.6 Å². The van der Waals surface area contributed by atoms with Gasteiger partial charge in [-0.3, -0.25) is 4.79 Å². The molecule has 1 saturated heterocycles. The van der Waals surface area contributed by atoms with E-state index in [0.717, 1.165) is 25.9 Å². The predicted octanol–water partition coefficient (Wildman–Crippen LogP) is 2.69. The Morgan fingerprint density at radius 2 is 2.37 bits per heavy atom. The molecule has 1 fully saturated rings. The summed E-state index contributed by atoms with van der Waals surface area (Å²) >= 11 is 5.74. The maximum absolute atomic E-state index is 13.9. The SMILES string of the molecule is CCCN(C(=O)c1cccc(Cl)c1F)C1CCNC1. The fourth-order valence-corrected chi connectivity index (χ4v) is 2.59. The van der Waals surface area contributed by atoms with E-state index in [4.69, 9.17) is 11.6 Å². The van der Waals surface area contributed by atoms with Gasteiger partial charge in [0.25, 0.3) is 5.91 Å². The Bertz CT molecular complexity index is 461. The average molecular weight is 285 g/mol. The topological polar surface area (TPSA) is 32.3 Å². The van der Waals surface area contributed by atoms with Gasteiger partial charge in [0.15, 0.2) is 5.82 Å². The molecule has 0 bridgehead atoms. The van der Waals surface area contributed by atoms with E-state index in [-0.39, 0.29) is 22.5 Å². The van der Waals surface area contributed by atoms with Crippen LogP contribution in [-0.4, -0.2) is 36.5 Å². The van der Waals surface area contributed by atoms with Gasteiger partial charge in [0, 0.05) is 19.1 Å². The Hall–Kier alpha value is -1.13. The summed E-state index contributed by atoms with van der Waals surface area (Å²) in [5.41, 5.74) is 0.0628. The minimum Gasteiger partial charge on any atom is -0.334 e. The Kier molecular flexibility index (Phi) is 4.77. The van der Waals surface area contributed by atoms with Gasteiger partial charge in [-0.1, -0.05) is 24.6 Å². The fraction of sp³-hybridized carbons (Fsp3) is 0.500. The Morgan fingerprint density at radius 1 is 1.58 bits per heavy atom. The minimum absolute atomic E-state index is 0.00755. The van der Waals surface area contributed by atoms with Gasteiger partial charge in [-0.05, 0) is 31.5 Å². The molecule has 0 aromatic heterocycles. The summed E-state index contributed by atoms with van der Waals surface area (Å²) in [7, 11) is 0. The van der Waals surface area contributed by atoms with Gasteiger partial charge in [0.1, 0.15) is 0 Å². The standard InChI is InChI=1S/C14H18ClFN2O/c1-2-8-18(10-6-7-17-9-10)14(19)11-4-3-5-12(15)13(11)16/h3-5,10,17H,2,6-9H2,1H3. The lowest BCUT2D eigenvalue weighted by Gasteiger charge is -2.28. The fourth-order valence-electron chi connectivity index (χ4n) is 2.42. The molecule has 1 aliphatic heterocycles. The van der Waals surface area contributed by atoms with Crippen molar-refractivity contribution in [2.45, 2.75) is 25.8 Å². The second-order valence-corrected chi connectivity index (χ2v) is 5.15. The molecule has 1 aliphatic rings. The zero-order valence-electron chi connectivity index (χ0n) is 11.0. The molecular weight excluding hydrogens is 267 g/mol. The quantitative estimate of drug-likeness (QED) is 0.922. The Balaban J connectivity index is 2.25. The molecule has 0 spiro atoms. The molecule has 1 unspecified atom stereocenters. The highest BCUT2D eigenvalue weighted by molar-refractivity contribution is 6.31. The third kappa shape index (κ3) is 3.07. The van der Waals surface area contributed by atoms with Crippen molar-refractivity contribution in [3.63, 3.8) is 0 Å². The van der Waals surface area contributed by atoms with E-state index in [1.807, 2.05) is 6.92 Å². The molecule has 0 aliphatic carbocycles. The largest absolute Gasteiger partial charge is 0.334 e. The van der Waals surface area contributed by atoms with Crippen LogP contribution in [0.1, 0.15) is 30.1 Å². The van der Waals surface area contributed by atoms with E-state index in [1.54, 1.807) is 11.0 Å². The van der Waals surface area contributed by atoms with Crippen LogP contribution in [0, 0.1) is 5.82 Å². The summed E-state index contributed by atoms with van der Waals surface area (Å²) in [6, 6.07) is 4.70. The van der Waals surface area contributed by atoms with Crippen molar-refractivity contribution in [2.75, 3.05) is 19.6 Å². The molecule has 1 N–H and O–H groups in total. The molecule has 1 heterocycles. The number of benzene rings is 1. The molecular formula is C14H18ClFN2O. The van der Waals surface area contributed by atoms with E-state index in [0.29, 0.717) is 6.54 Å². The molecule has 1 aromatic rings. The maximum Gasteiger partial charge on any atom is 0.257 e. The van der Waals surface area contributed by atoms with Gasteiger partial charge >= 0.3 is 0 Å². The van der Waals surface area contributed by atoms with Gasteiger partial charge in [-0.15, -0.1) is 0 Å². The minimum atomic E-state index is -0.624. The van der Waals surface area contributed by atoms with Crippen LogP contribution in [0.4, 0.5) is 4.39 Å². The summed E-state index contributed by atoms with van der Waals surface area (Å²) in [6.07, 6.45) is 1.76. The first-order valence-electron chi connectivity index (χ1n) is 6.60. The van der Waals surface area contributed by atoms with E-state index < -0.39 is 5.82 Å². The zero-order valence-corrected chi connectivity index (χ0v) is 11.7. The smallest absolute Gasteiger partial charge is 0.257 e. The molecule has 5 heteroatoms. The van der Waals surface area contributed by atoms with Crippen LogP contribution in [0.15, 0.2) is 18.2 Å². The van der Waals surface area contributed by atoms with Crippen LogP contribution in [0.3, 0.4) is 0 Å². The lowest BCUT2D eigenvalue weighted by Crippen LogP contribution is -2.42. The highest BCUT2D eigenvalue weighted by atomic mass is 35.5. The molecule has 1 aromatic carbocycles. The number of amides is 1. The number of carbonyl (C=O) groups is 1. The normalized spacial score (nSPS) is 18.6. The Morgan fingerprint density at radius 3 is 3.00 bits per heavy atom. The van der Waals surface area contributed by atoms with Crippen molar-refractivity contribution < 1.29 is 9.18 Å². The van der Waals surface area contributed by atoms with Crippen molar-refractivity contribution in [3.8, 4) is 0 Å². The molecule has 104 valence electrons. The second kappa shape index (κ2) is 6.35. The highest BCUT2D eigenvalue weighted by Crippen LogP contribution is 2.21. The number of hydrogen-bond donors (Lipinski definition) is 1. The number of nitrogens with one attached hydrogen (secondary N) is 1. The maximum atomic E-state index is 13.9. The van der Waals surface area contributed by atoms with Crippen molar-refractivity contribution >= 4 is 17.5 Å². The second-order valence-electron chi connectivity index (χ2n) is 4.75. The highest BCUT2D eigenvalue weighted by Gasteiger charge is 2.28. The Labute approximate surface area is 117 Å². The number of carbonyl (C=O) groups excluding carboxylic acids is 1. The van der Waals surface area contributed by atoms with E-state index >= 15 is 0 Å². The van der Waals surface area contributed by atoms with E-state index in [2.05, 4.69) is 5.32 Å². The third-order valence-electron chi connectivity index (χ3n) is 3.38. The van der Waals surface area contributed by atoms with Crippen LogP contribution in [0.2, 0.25) is 5.02 Å². The number of halogens is 2. The molecule has 1 amide bonds. The van der Waals surface area contributed by atoms with Crippen LogP contribution in [0.25, 0.3) is 0 Å². The van der Waals surface area contributed by atoms with Gasteiger partial charge < -0.3 is 10.2 Å². The number of rotatable bonds is 4. The number of nitrogens with zero attached hydrogens (tertiary/aromatic N) is 1. The van der Waals surface area contributed by atoms with Gasteiger partial charge in [0.2, 0.25) is 0 Å². The predicted molar refractivity (Wildman–Crippen MR) is 74.0 cm³/mol. The molecule has 19 heavy (non-hydrogen) atoms. The molecule has 0 saturated carbocycles. The van der Waals surface area contributed by atoms with Crippen LogP contribution in [0.5, 0.6) is 0 Å². The zero-order chi connectivity index (χ0) is 13.8. The van der Waals surface area contributed by atoms with Crippen molar-refractivity contribution in [1.82, 2.24) is 10.2 Å². The first-order valence-corrected chi connectivity index (χ1v) is 6.98. The van der Waals surface area contributed by atoms with Crippen LogP contribution >= 0.6 is 11.6 Å². The summed E-state index contributed by atoms with van der Waals surface area (Å²) in [5.74, 6) is -0.892. The van der Waals surface area contributed by atoms with Crippen molar-refractivity contribution in [2.24, 2.45) is 0 Å². The molecule has 2 rings (SSSR count). The van der Waals surface area contributed by atoms with E-state index in [9.17, 15) is 9.18 Å². The van der Waals surface area contributed by atoms with E-state index in [1.165, 1.54) is 12.1 Å². The summed E-state index contributed by atoms with van der Waals surface area (Å²) in [6.45, 7) is 4.32. The first-order chi connectivity index (χ1) is 9.15. The molecule has 0 radical (unpaired) electrons. The van der Waals surface area contributed by atoms with Crippen molar-refractivity contribution in [3.05, 3.63) is 34.6 Å². The summed E-state index contributed by atoms with van der Waals surface area (Å²) in [4.78, 5) is 14.3. The van der Waals surface area contributed by atoms with Gasteiger partial charge in [-0.2, -0.15) is 0 Å². The monoisotopic (exact) mass is 284 g/mol. The van der Waals surface area contributed by atoms with Crippen LogP contribution in [-0.2, 0) is 0 Å².